The largest absolute Gasteiger partial charge is 0.369 e. The van der Waals surface area contributed by atoms with E-state index in [1.54, 1.807) is 0 Å². The van der Waals surface area contributed by atoms with E-state index in [4.69, 9.17) is 5.73 Å². The minimum atomic E-state index is -0.283. The second-order valence-electron chi connectivity index (χ2n) is 5.30. The first-order valence-corrected chi connectivity index (χ1v) is 6.53. The summed E-state index contributed by atoms with van der Waals surface area (Å²) in [5.41, 5.74) is 5.01. The molecule has 0 aromatic heterocycles. The van der Waals surface area contributed by atoms with Gasteiger partial charge in [0.2, 0.25) is 11.8 Å². The Morgan fingerprint density at radius 2 is 2.06 bits per heavy atom. The molecule has 1 heterocycles. The summed E-state index contributed by atoms with van der Waals surface area (Å²) in [5, 5.41) is 0. The zero-order valence-electron chi connectivity index (χ0n) is 11.2. The number of nitrogens with two attached hydrogens (primary N) is 1. The molecular formula is C13H24N2O2. The van der Waals surface area contributed by atoms with Crippen LogP contribution in [-0.2, 0) is 9.59 Å². The van der Waals surface area contributed by atoms with Crippen LogP contribution in [0.25, 0.3) is 0 Å². The third-order valence-electron chi connectivity index (χ3n) is 3.98. The molecule has 0 bridgehead atoms. The quantitative estimate of drug-likeness (QED) is 0.792. The molecule has 0 spiro atoms. The molecule has 17 heavy (non-hydrogen) atoms. The topological polar surface area (TPSA) is 63.4 Å². The molecule has 4 nitrogen and oxygen atoms in total. The lowest BCUT2D eigenvalue weighted by Gasteiger charge is -2.31. The van der Waals surface area contributed by atoms with Crippen LogP contribution in [-0.4, -0.2) is 29.8 Å². The summed E-state index contributed by atoms with van der Waals surface area (Å²) in [5.74, 6) is -0.249. The summed E-state index contributed by atoms with van der Waals surface area (Å²) >= 11 is 0. The van der Waals surface area contributed by atoms with Crippen molar-refractivity contribution in [3.8, 4) is 0 Å². The first-order chi connectivity index (χ1) is 7.94. The van der Waals surface area contributed by atoms with Gasteiger partial charge in [0.1, 0.15) is 0 Å². The van der Waals surface area contributed by atoms with Crippen molar-refractivity contribution in [3.63, 3.8) is 0 Å². The Kier molecular flexibility index (Phi) is 4.54. The Bertz CT molecular complexity index is 304. The van der Waals surface area contributed by atoms with Crippen LogP contribution in [0.5, 0.6) is 0 Å². The van der Waals surface area contributed by atoms with E-state index < -0.39 is 0 Å². The standard InChI is InChI=1S/C13H24N2O2/c1-4-7-13(3,5-2)12(17)15-8-6-10(9-15)11(14)16/h10H,4-9H2,1-3H3,(H2,14,16). The highest BCUT2D eigenvalue weighted by Crippen LogP contribution is 2.32. The number of hydrogen-bond donors (Lipinski definition) is 1. The zero-order valence-corrected chi connectivity index (χ0v) is 11.2. The molecule has 2 N–H and O–H groups in total. The summed E-state index contributed by atoms with van der Waals surface area (Å²) in [6, 6.07) is 0. The molecule has 0 aromatic carbocycles. The number of likely N-dealkylation sites (tertiary alicyclic amines) is 1. The monoisotopic (exact) mass is 240 g/mol. The summed E-state index contributed by atoms with van der Waals surface area (Å²) in [6.07, 6.45) is 3.47. The fourth-order valence-electron chi connectivity index (χ4n) is 2.55. The van der Waals surface area contributed by atoms with E-state index >= 15 is 0 Å². The maximum Gasteiger partial charge on any atom is 0.228 e. The van der Waals surface area contributed by atoms with E-state index in [-0.39, 0.29) is 23.1 Å². The van der Waals surface area contributed by atoms with Crippen molar-refractivity contribution < 1.29 is 9.59 Å². The van der Waals surface area contributed by atoms with E-state index in [2.05, 4.69) is 13.8 Å². The SMILES string of the molecule is CCCC(C)(CC)C(=O)N1CCC(C(N)=O)C1. The maximum atomic E-state index is 12.4. The van der Waals surface area contributed by atoms with Gasteiger partial charge in [-0.1, -0.05) is 27.2 Å². The van der Waals surface area contributed by atoms with Gasteiger partial charge in [-0.15, -0.1) is 0 Å². The number of carbonyl (C=O) groups excluding carboxylic acids is 2. The number of amides is 2. The smallest absolute Gasteiger partial charge is 0.228 e. The molecular weight excluding hydrogens is 216 g/mol. The third kappa shape index (κ3) is 2.99. The van der Waals surface area contributed by atoms with E-state index in [1.807, 2.05) is 11.8 Å². The van der Waals surface area contributed by atoms with Crippen LogP contribution >= 0.6 is 0 Å². The van der Waals surface area contributed by atoms with Gasteiger partial charge < -0.3 is 10.6 Å². The number of hydrogen-bond acceptors (Lipinski definition) is 2. The highest BCUT2D eigenvalue weighted by atomic mass is 16.2. The Hall–Kier alpha value is -1.06. The Labute approximate surface area is 104 Å². The zero-order chi connectivity index (χ0) is 13.1. The van der Waals surface area contributed by atoms with Crippen molar-refractivity contribution in [2.24, 2.45) is 17.1 Å². The highest BCUT2D eigenvalue weighted by Gasteiger charge is 2.38. The van der Waals surface area contributed by atoms with Crippen LogP contribution in [0, 0.1) is 11.3 Å². The molecule has 0 saturated carbocycles. The van der Waals surface area contributed by atoms with Crippen molar-refractivity contribution in [3.05, 3.63) is 0 Å². The van der Waals surface area contributed by atoms with Crippen molar-refractivity contribution in [2.45, 2.75) is 46.5 Å². The molecule has 1 aliphatic heterocycles. The van der Waals surface area contributed by atoms with Crippen LogP contribution in [0.1, 0.15) is 46.5 Å². The molecule has 1 aliphatic rings. The molecule has 2 atom stereocenters. The van der Waals surface area contributed by atoms with Crippen molar-refractivity contribution in [1.29, 1.82) is 0 Å². The fraction of sp³-hybridized carbons (Fsp3) is 0.846. The lowest BCUT2D eigenvalue weighted by atomic mass is 9.81. The summed E-state index contributed by atoms with van der Waals surface area (Å²) < 4.78 is 0. The van der Waals surface area contributed by atoms with Gasteiger partial charge in [0.15, 0.2) is 0 Å². The van der Waals surface area contributed by atoms with E-state index in [0.29, 0.717) is 19.5 Å². The van der Waals surface area contributed by atoms with E-state index in [9.17, 15) is 9.59 Å². The molecule has 0 radical (unpaired) electrons. The lowest BCUT2D eigenvalue weighted by Crippen LogP contribution is -2.41. The molecule has 2 amide bonds. The number of nitrogens with zero attached hydrogens (tertiary/aromatic N) is 1. The van der Waals surface area contributed by atoms with E-state index in [1.165, 1.54) is 0 Å². The van der Waals surface area contributed by atoms with Gasteiger partial charge in [0, 0.05) is 18.5 Å². The normalized spacial score (nSPS) is 23.5. The molecule has 1 saturated heterocycles. The predicted molar refractivity (Wildman–Crippen MR) is 67.2 cm³/mol. The second kappa shape index (κ2) is 5.52. The van der Waals surface area contributed by atoms with Gasteiger partial charge in [-0.3, -0.25) is 9.59 Å². The Balaban J connectivity index is 2.67. The minimum absolute atomic E-state index is 0.151. The van der Waals surface area contributed by atoms with Gasteiger partial charge in [0.05, 0.1) is 5.92 Å². The first kappa shape index (κ1) is 14.0. The molecule has 4 heteroatoms. The summed E-state index contributed by atoms with van der Waals surface area (Å²) in [6.45, 7) is 7.35. The number of carbonyl (C=O) groups is 2. The van der Waals surface area contributed by atoms with Crippen LogP contribution in [0.15, 0.2) is 0 Å². The lowest BCUT2D eigenvalue weighted by molar-refractivity contribution is -0.141. The fourth-order valence-corrected chi connectivity index (χ4v) is 2.55. The Morgan fingerprint density at radius 3 is 2.47 bits per heavy atom. The minimum Gasteiger partial charge on any atom is -0.369 e. The molecule has 0 aromatic rings. The molecule has 0 aliphatic carbocycles. The molecule has 1 fully saturated rings. The number of rotatable bonds is 5. The van der Waals surface area contributed by atoms with Crippen molar-refractivity contribution in [1.82, 2.24) is 4.90 Å². The van der Waals surface area contributed by atoms with E-state index in [0.717, 1.165) is 19.3 Å². The maximum absolute atomic E-state index is 12.4. The van der Waals surface area contributed by atoms with Gasteiger partial charge in [-0.05, 0) is 19.3 Å². The van der Waals surface area contributed by atoms with Crippen LogP contribution in [0.2, 0.25) is 0 Å². The number of primary amides is 1. The van der Waals surface area contributed by atoms with Gasteiger partial charge in [-0.2, -0.15) is 0 Å². The average molecular weight is 240 g/mol. The van der Waals surface area contributed by atoms with Gasteiger partial charge >= 0.3 is 0 Å². The van der Waals surface area contributed by atoms with Crippen molar-refractivity contribution in [2.75, 3.05) is 13.1 Å². The van der Waals surface area contributed by atoms with Crippen LogP contribution < -0.4 is 5.73 Å². The van der Waals surface area contributed by atoms with Crippen molar-refractivity contribution >= 4 is 11.8 Å². The summed E-state index contributed by atoms with van der Waals surface area (Å²) in [4.78, 5) is 25.3. The summed E-state index contributed by atoms with van der Waals surface area (Å²) in [7, 11) is 0. The first-order valence-electron chi connectivity index (χ1n) is 6.53. The van der Waals surface area contributed by atoms with Gasteiger partial charge in [0.25, 0.3) is 0 Å². The molecule has 2 unspecified atom stereocenters. The Morgan fingerprint density at radius 1 is 1.41 bits per heavy atom. The molecule has 1 rings (SSSR count). The third-order valence-corrected chi connectivity index (χ3v) is 3.98. The highest BCUT2D eigenvalue weighted by molar-refractivity contribution is 5.84. The van der Waals surface area contributed by atoms with Crippen LogP contribution in [0.3, 0.4) is 0 Å². The molecule has 98 valence electrons. The van der Waals surface area contributed by atoms with Crippen LogP contribution in [0.4, 0.5) is 0 Å². The van der Waals surface area contributed by atoms with Gasteiger partial charge in [-0.25, -0.2) is 0 Å². The predicted octanol–water partition coefficient (Wildman–Crippen LogP) is 1.54. The average Bonchev–Trinajstić information content (AvgIpc) is 2.77. The second-order valence-corrected chi connectivity index (χ2v) is 5.30.